The number of hydrogen-bond donors (Lipinski definition) is 1. The Labute approximate surface area is 115 Å². The third kappa shape index (κ3) is 3.14. The molecule has 2 aromatic rings. The van der Waals surface area contributed by atoms with E-state index in [1.165, 1.54) is 6.20 Å². The third-order valence-corrected chi connectivity index (χ3v) is 3.47. The summed E-state index contributed by atoms with van der Waals surface area (Å²) in [5.74, 6) is -0.330. The lowest BCUT2D eigenvalue weighted by Gasteiger charge is -2.09. The van der Waals surface area contributed by atoms with Crippen molar-refractivity contribution in [1.29, 1.82) is 0 Å². The lowest BCUT2D eigenvalue weighted by molar-refractivity contribution is 0.0694. The van der Waals surface area contributed by atoms with Crippen molar-refractivity contribution in [2.75, 3.05) is 0 Å². The van der Waals surface area contributed by atoms with Gasteiger partial charge in [-0.2, -0.15) is 0 Å². The normalized spacial score (nSPS) is 10.9. The Bertz CT molecular complexity index is 608. The van der Waals surface area contributed by atoms with Gasteiger partial charge in [-0.15, -0.1) is 11.3 Å². The second-order valence-electron chi connectivity index (χ2n) is 4.58. The Balaban J connectivity index is 2.32. The third-order valence-electron chi connectivity index (χ3n) is 2.65. The summed E-state index contributed by atoms with van der Waals surface area (Å²) in [7, 11) is 0. The molecule has 0 aliphatic rings. The molecule has 0 aliphatic heterocycles. The minimum absolute atomic E-state index is 0.0463. The van der Waals surface area contributed by atoms with E-state index in [0.717, 1.165) is 10.7 Å². The van der Waals surface area contributed by atoms with Crippen molar-refractivity contribution in [3.63, 3.8) is 0 Å². The van der Waals surface area contributed by atoms with E-state index in [1.807, 2.05) is 26.2 Å². The zero-order valence-corrected chi connectivity index (χ0v) is 11.9. The van der Waals surface area contributed by atoms with Crippen LogP contribution in [0.4, 0.5) is 0 Å². The molecule has 2 rings (SSSR count). The summed E-state index contributed by atoms with van der Waals surface area (Å²) in [4.78, 5) is 24.0. The van der Waals surface area contributed by atoms with Crippen LogP contribution in [0, 0.1) is 6.92 Å². The molecule has 0 radical (unpaired) electrons. The quantitative estimate of drug-likeness (QED) is 0.929. The second kappa shape index (κ2) is 5.44. The summed E-state index contributed by atoms with van der Waals surface area (Å²) >= 11 is 1.58. The predicted octanol–water partition coefficient (Wildman–Crippen LogP) is 2.65. The van der Waals surface area contributed by atoms with Crippen LogP contribution in [0.2, 0.25) is 0 Å². The average Bonchev–Trinajstić information content (AvgIpc) is 2.74. The van der Waals surface area contributed by atoms with Crippen LogP contribution in [0.1, 0.15) is 52.3 Å². The van der Waals surface area contributed by atoms with Crippen LogP contribution in [0.25, 0.3) is 0 Å². The Hall–Kier alpha value is -1.82. The highest BCUT2D eigenvalue weighted by Crippen LogP contribution is 2.18. The highest BCUT2D eigenvalue weighted by atomic mass is 32.1. The number of nitrogens with zero attached hydrogens (tertiary/aromatic N) is 3. The molecule has 0 unspecified atom stereocenters. The molecule has 0 atom stereocenters. The molecule has 19 heavy (non-hydrogen) atoms. The van der Waals surface area contributed by atoms with Gasteiger partial charge in [-0.1, -0.05) is 13.8 Å². The predicted molar refractivity (Wildman–Crippen MR) is 72.7 cm³/mol. The first-order valence-electron chi connectivity index (χ1n) is 5.97. The fraction of sp³-hybridized carbons (Fsp3) is 0.385. The molecule has 0 saturated heterocycles. The van der Waals surface area contributed by atoms with Crippen molar-refractivity contribution < 1.29 is 9.90 Å². The minimum Gasteiger partial charge on any atom is -0.478 e. The summed E-state index contributed by atoms with van der Waals surface area (Å²) in [6.07, 6.45) is 1.92. The summed E-state index contributed by atoms with van der Waals surface area (Å²) in [6, 6.07) is 0. The van der Waals surface area contributed by atoms with Gasteiger partial charge in [-0.3, -0.25) is 0 Å². The van der Waals surface area contributed by atoms with Gasteiger partial charge >= 0.3 is 5.97 Å². The second-order valence-corrected chi connectivity index (χ2v) is 5.64. The van der Waals surface area contributed by atoms with Crippen molar-refractivity contribution in [2.24, 2.45) is 0 Å². The number of aromatic carboxylic acids is 1. The van der Waals surface area contributed by atoms with Crippen LogP contribution in [-0.2, 0) is 6.42 Å². The SMILES string of the molecule is Cc1nc(Cc2ncc(C(=O)O)c(C(C)C)n2)cs1. The highest BCUT2D eigenvalue weighted by Gasteiger charge is 2.16. The van der Waals surface area contributed by atoms with Crippen LogP contribution in [0.15, 0.2) is 11.6 Å². The summed E-state index contributed by atoms with van der Waals surface area (Å²) in [5.41, 5.74) is 1.66. The van der Waals surface area contributed by atoms with Crippen molar-refractivity contribution in [2.45, 2.75) is 33.1 Å². The first kappa shape index (κ1) is 13.6. The maximum Gasteiger partial charge on any atom is 0.339 e. The fourth-order valence-electron chi connectivity index (χ4n) is 1.77. The van der Waals surface area contributed by atoms with E-state index in [4.69, 9.17) is 5.11 Å². The van der Waals surface area contributed by atoms with E-state index in [2.05, 4.69) is 15.0 Å². The zero-order chi connectivity index (χ0) is 14.0. The molecule has 1 N–H and O–H groups in total. The lowest BCUT2D eigenvalue weighted by Crippen LogP contribution is -2.10. The van der Waals surface area contributed by atoms with Gasteiger partial charge < -0.3 is 5.11 Å². The Morgan fingerprint density at radius 2 is 2.16 bits per heavy atom. The van der Waals surface area contributed by atoms with Crippen molar-refractivity contribution in [1.82, 2.24) is 15.0 Å². The van der Waals surface area contributed by atoms with Crippen molar-refractivity contribution in [3.8, 4) is 0 Å². The maximum atomic E-state index is 11.1. The molecule has 0 bridgehead atoms. The van der Waals surface area contributed by atoms with Gasteiger partial charge in [0.1, 0.15) is 5.82 Å². The molecular formula is C13H15N3O2S. The van der Waals surface area contributed by atoms with Crippen LogP contribution in [-0.4, -0.2) is 26.0 Å². The number of hydrogen-bond acceptors (Lipinski definition) is 5. The summed E-state index contributed by atoms with van der Waals surface area (Å²) in [6.45, 7) is 5.79. The van der Waals surface area contributed by atoms with E-state index >= 15 is 0 Å². The highest BCUT2D eigenvalue weighted by molar-refractivity contribution is 7.09. The van der Waals surface area contributed by atoms with Gasteiger partial charge in [-0.05, 0) is 12.8 Å². The van der Waals surface area contributed by atoms with Crippen LogP contribution in [0.3, 0.4) is 0 Å². The Morgan fingerprint density at radius 1 is 1.42 bits per heavy atom. The Kier molecular flexibility index (Phi) is 3.90. The first-order chi connectivity index (χ1) is 8.97. The molecule has 0 fully saturated rings. The number of rotatable bonds is 4. The minimum atomic E-state index is -0.986. The molecule has 0 aromatic carbocycles. The zero-order valence-electron chi connectivity index (χ0n) is 11.0. The molecule has 0 aliphatic carbocycles. The molecular weight excluding hydrogens is 262 g/mol. The molecule has 5 nitrogen and oxygen atoms in total. The van der Waals surface area contributed by atoms with Crippen LogP contribution >= 0.6 is 11.3 Å². The smallest absolute Gasteiger partial charge is 0.339 e. The van der Waals surface area contributed by atoms with Gasteiger partial charge in [0.15, 0.2) is 0 Å². The molecule has 100 valence electrons. The molecule has 2 heterocycles. The van der Waals surface area contributed by atoms with Crippen LogP contribution < -0.4 is 0 Å². The molecule has 2 aromatic heterocycles. The molecule has 0 amide bonds. The van der Waals surface area contributed by atoms with Crippen molar-refractivity contribution in [3.05, 3.63) is 39.4 Å². The monoisotopic (exact) mass is 277 g/mol. The van der Waals surface area contributed by atoms with Crippen LogP contribution in [0.5, 0.6) is 0 Å². The topological polar surface area (TPSA) is 76.0 Å². The summed E-state index contributed by atoms with van der Waals surface area (Å²) in [5, 5.41) is 12.1. The van der Waals surface area contributed by atoms with E-state index in [-0.39, 0.29) is 11.5 Å². The number of thiazole rings is 1. The van der Waals surface area contributed by atoms with E-state index in [0.29, 0.717) is 17.9 Å². The Morgan fingerprint density at radius 3 is 2.68 bits per heavy atom. The number of carbonyl (C=O) groups is 1. The van der Waals surface area contributed by atoms with Gasteiger partial charge in [0.25, 0.3) is 0 Å². The molecule has 0 spiro atoms. The van der Waals surface area contributed by atoms with Gasteiger partial charge in [-0.25, -0.2) is 19.7 Å². The average molecular weight is 277 g/mol. The van der Waals surface area contributed by atoms with Gasteiger partial charge in [0.05, 0.1) is 28.4 Å². The number of aryl methyl sites for hydroxylation is 1. The standard InChI is InChI=1S/C13H15N3O2S/c1-7(2)12-10(13(17)18)5-14-11(16-12)4-9-6-19-8(3)15-9/h5-7H,4H2,1-3H3,(H,17,18). The lowest BCUT2D eigenvalue weighted by atomic mass is 10.1. The van der Waals surface area contributed by atoms with Gasteiger partial charge in [0, 0.05) is 11.6 Å². The fourth-order valence-corrected chi connectivity index (χ4v) is 2.39. The number of carboxylic acid groups (broad SMARTS) is 1. The van der Waals surface area contributed by atoms with Gasteiger partial charge in [0.2, 0.25) is 0 Å². The summed E-state index contributed by atoms with van der Waals surface area (Å²) < 4.78 is 0. The maximum absolute atomic E-state index is 11.1. The number of aromatic nitrogens is 3. The first-order valence-corrected chi connectivity index (χ1v) is 6.85. The number of carboxylic acids is 1. The largest absolute Gasteiger partial charge is 0.478 e. The van der Waals surface area contributed by atoms with Crippen molar-refractivity contribution >= 4 is 17.3 Å². The molecule has 6 heteroatoms. The van der Waals surface area contributed by atoms with E-state index < -0.39 is 5.97 Å². The molecule has 0 saturated carbocycles. The van der Waals surface area contributed by atoms with E-state index in [9.17, 15) is 4.79 Å². The van der Waals surface area contributed by atoms with E-state index in [1.54, 1.807) is 11.3 Å².